The molecule has 5 nitrogen and oxygen atoms in total. The number of rotatable bonds is 6. The van der Waals surface area contributed by atoms with Gasteiger partial charge in [0.1, 0.15) is 5.75 Å². The maximum Gasteiger partial charge on any atom is 0.193 e. The highest BCUT2D eigenvalue weighted by Gasteiger charge is 2.19. The maximum absolute atomic E-state index is 6.10. The lowest BCUT2D eigenvalue weighted by molar-refractivity contribution is 0.242. The predicted molar refractivity (Wildman–Crippen MR) is 108 cm³/mol. The molecule has 1 fully saturated rings. The van der Waals surface area contributed by atoms with Crippen molar-refractivity contribution in [2.45, 2.75) is 32.2 Å². The van der Waals surface area contributed by atoms with Crippen LogP contribution in [0.5, 0.6) is 5.75 Å². The normalized spacial score (nSPS) is 16.7. The van der Waals surface area contributed by atoms with E-state index in [9.17, 15) is 0 Å². The lowest BCUT2D eigenvalue weighted by atomic mass is 10.2. The Balaban J connectivity index is 0.00000264. The molecule has 1 aliphatic heterocycles. The summed E-state index contributed by atoms with van der Waals surface area (Å²) in [5, 5.41) is 3.62. The van der Waals surface area contributed by atoms with Gasteiger partial charge in [-0.2, -0.15) is 0 Å². The molecule has 0 bridgehead atoms. The minimum absolute atomic E-state index is 0. The molecule has 0 radical (unpaired) electrons. The zero-order valence-corrected chi connectivity index (χ0v) is 16.8. The van der Waals surface area contributed by atoms with Crippen LogP contribution in [-0.2, 0) is 0 Å². The molecular formula is C16H26ClIN4O. The number of guanidine groups is 1. The van der Waals surface area contributed by atoms with Crippen LogP contribution >= 0.6 is 35.6 Å². The van der Waals surface area contributed by atoms with Gasteiger partial charge < -0.3 is 15.8 Å². The number of hydrogen-bond donors (Lipinski definition) is 2. The van der Waals surface area contributed by atoms with Gasteiger partial charge in [-0.1, -0.05) is 18.5 Å². The molecule has 1 unspecified atom stereocenters. The van der Waals surface area contributed by atoms with Crippen molar-refractivity contribution in [2.75, 3.05) is 32.1 Å². The number of anilines is 1. The van der Waals surface area contributed by atoms with Crippen LogP contribution in [0.25, 0.3) is 0 Å². The molecule has 1 heterocycles. The Bertz CT molecular complexity index is 521. The number of hydrogen-bond acceptors (Lipinski definition) is 3. The van der Waals surface area contributed by atoms with E-state index in [0.29, 0.717) is 22.8 Å². The second kappa shape index (κ2) is 10.2. The first-order valence-corrected chi connectivity index (χ1v) is 8.16. The number of benzene rings is 1. The molecule has 1 atom stereocenters. The number of halogens is 2. The summed E-state index contributed by atoms with van der Waals surface area (Å²) in [5.41, 5.74) is 6.78. The summed E-state index contributed by atoms with van der Waals surface area (Å²) in [6, 6.07) is 5.92. The van der Waals surface area contributed by atoms with Gasteiger partial charge in [-0.25, -0.2) is 0 Å². The molecule has 3 N–H and O–H groups in total. The first-order chi connectivity index (χ1) is 10.6. The monoisotopic (exact) mass is 452 g/mol. The van der Waals surface area contributed by atoms with Gasteiger partial charge in [0.05, 0.1) is 18.7 Å². The smallest absolute Gasteiger partial charge is 0.193 e. The van der Waals surface area contributed by atoms with Gasteiger partial charge in [-0.3, -0.25) is 9.89 Å². The highest BCUT2D eigenvalue weighted by Crippen LogP contribution is 2.27. The first kappa shape index (κ1) is 20.3. The van der Waals surface area contributed by atoms with Crippen molar-refractivity contribution in [1.82, 2.24) is 4.90 Å². The van der Waals surface area contributed by atoms with Crippen molar-refractivity contribution in [3.8, 4) is 5.75 Å². The zero-order chi connectivity index (χ0) is 15.9. The number of methoxy groups -OCH3 is 1. The lowest BCUT2D eigenvalue weighted by Crippen LogP contribution is -2.35. The van der Waals surface area contributed by atoms with E-state index in [1.807, 2.05) is 6.07 Å². The zero-order valence-electron chi connectivity index (χ0n) is 13.7. The van der Waals surface area contributed by atoms with Crippen LogP contribution in [-0.4, -0.2) is 43.6 Å². The van der Waals surface area contributed by atoms with Crippen LogP contribution in [0.3, 0.4) is 0 Å². The maximum atomic E-state index is 6.10. The summed E-state index contributed by atoms with van der Waals surface area (Å²) >= 11 is 6.10. The van der Waals surface area contributed by atoms with Crippen molar-refractivity contribution < 1.29 is 4.74 Å². The fourth-order valence-electron chi connectivity index (χ4n) is 2.74. The summed E-state index contributed by atoms with van der Waals surface area (Å²) in [4.78, 5) is 6.98. The second-order valence-electron chi connectivity index (χ2n) is 5.51. The fraction of sp³-hybridized carbons (Fsp3) is 0.562. The van der Waals surface area contributed by atoms with Gasteiger partial charge in [-0.15, -0.1) is 24.0 Å². The molecule has 0 amide bonds. The number of aliphatic imine (C=N–C) groups is 1. The molecule has 7 heteroatoms. The van der Waals surface area contributed by atoms with E-state index in [-0.39, 0.29) is 24.0 Å². The van der Waals surface area contributed by atoms with Gasteiger partial charge in [0, 0.05) is 11.7 Å². The second-order valence-corrected chi connectivity index (χ2v) is 5.91. The summed E-state index contributed by atoms with van der Waals surface area (Å²) in [6.07, 6.45) is 3.67. The van der Waals surface area contributed by atoms with E-state index in [0.717, 1.165) is 18.7 Å². The SMILES string of the molecule is CCC(CN=C(N)Nc1ccc(OC)c(Cl)c1)N1CCCC1.I. The van der Waals surface area contributed by atoms with Crippen molar-refractivity contribution in [2.24, 2.45) is 10.7 Å². The van der Waals surface area contributed by atoms with Crippen molar-refractivity contribution in [3.05, 3.63) is 23.2 Å². The molecule has 23 heavy (non-hydrogen) atoms. The molecule has 0 saturated carbocycles. The summed E-state index contributed by atoms with van der Waals surface area (Å²) in [6.45, 7) is 5.27. The van der Waals surface area contributed by atoms with Gasteiger partial charge in [0.2, 0.25) is 0 Å². The molecule has 1 aromatic carbocycles. The van der Waals surface area contributed by atoms with E-state index in [2.05, 4.69) is 22.1 Å². The van der Waals surface area contributed by atoms with E-state index >= 15 is 0 Å². The van der Waals surface area contributed by atoms with Crippen LogP contribution in [0.4, 0.5) is 5.69 Å². The largest absolute Gasteiger partial charge is 0.495 e. The van der Waals surface area contributed by atoms with Gasteiger partial charge in [-0.05, 0) is 50.6 Å². The lowest BCUT2D eigenvalue weighted by Gasteiger charge is -2.24. The van der Waals surface area contributed by atoms with Gasteiger partial charge >= 0.3 is 0 Å². The highest BCUT2D eigenvalue weighted by molar-refractivity contribution is 14.0. The van der Waals surface area contributed by atoms with Crippen LogP contribution in [0, 0.1) is 0 Å². The van der Waals surface area contributed by atoms with Crippen LogP contribution in [0.1, 0.15) is 26.2 Å². The molecule has 0 aliphatic carbocycles. The third-order valence-electron chi connectivity index (χ3n) is 4.02. The number of nitrogens with one attached hydrogen (secondary N) is 1. The van der Waals surface area contributed by atoms with Crippen molar-refractivity contribution >= 4 is 47.2 Å². The Labute approximate surface area is 160 Å². The number of nitrogens with two attached hydrogens (primary N) is 1. The average molecular weight is 453 g/mol. The summed E-state index contributed by atoms with van der Waals surface area (Å²) < 4.78 is 5.13. The van der Waals surface area contributed by atoms with Crippen LogP contribution < -0.4 is 15.8 Å². The van der Waals surface area contributed by atoms with Crippen LogP contribution in [0.15, 0.2) is 23.2 Å². The molecule has 1 saturated heterocycles. The van der Waals surface area contributed by atoms with Crippen molar-refractivity contribution in [3.63, 3.8) is 0 Å². The van der Waals surface area contributed by atoms with E-state index in [4.69, 9.17) is 22.1 Å². The average Bonchev–Trinajstić information content (AvgIpc) is 3.02. The van der Waals surface area contributed by atoms with Gasteiger partial charge in [0.25, 0.3) is 0 Å². The molecular weight excluding hydrogens is 427 g/mol. The number of likely N-dealkylation sites (tertiary alicyclic amines) is 1. The highest BCUT2D eigenvalue weighted by atomic mass is 127. The number of ether oxygens (including phenoxy) is 1. The minimum Gasteiger partial charge on any atom is -0.495 e. The van der Waals surface area contributed by atoms with Crippen LogP contribution in [0.2, 0.25) is 5.02 Å². The molecule has 0 aromatic heterocycles. The van der Waals surface area contributed by atoms with Crippen molar-refractivity contribution in [1.29, 1.82) is 0 Å². The summed E-state index contributed by atoms with van der Waals surface area (Å²) in [5.74, 6) is 1.06. The predicted octanol–water partition coefficient (Wildman–Crippen LogP) is 3.57. The topological polar surface area (TPSA) is 62.9 Å². The standard InChI is InChI=1S/C16H25ClN4O.HI/c1-3-13(21-8-4-5-9-21)11-19-16(18)20-12-6-7-15(22-2)14(17)10-12;/h6-7,10,13H,3-5,8-9,11H2,1-2H3,(H3,18,19,20);1H. The first-order valence-electron chi connectivity index (χ1n) is 7.78. The quantitative estimate of drug-likeness (QED) is 0.393. The molecule has 1 aliphatic rings. The Hall–Kier alpha value is -0.730. The molecule has 130 valence electrons. The summed E-state index contributed by atoms with van der Waals surface area (Å²) in [7, 11) is 1.59. The third-order valence-corrected chi connectivity index (χ3v) is 4.32. The Morgan fingerprint density at radius 3 is 2.70 bits per heavy atom. The number of nitrogens with zero attached hydrogens (tertiary/aromatic N) is 2. The molecule has 1 aromatic rings. The fourth-order valence-corrected chi connectivity index (χ4v) is 3.00. The minimum atomic E-state index is 0. The molecule has 0 spiro atoms. The Morgan fingerprint density at radius 1 is 1.43 bits per heavy atom. The van der Waals surface area contributed by atoms with Gasteiger partial charge in [0.15, 0.2) is 5.96 Å². The Kier molecular flexibility index (Phi) is 9.01. The van der Waals surface area contributed by atoms with E-state index in [1.165, 1.54) is 25.9 Å². The third kappa shape index (κ3) is 6.00. The van der Waals surface area contributed by atoms with E-state index < -0.39 is 0 Å². The van der Waals surface area contributed by atoms with E-state index in [1.54, 1.807) is 19.2 Å². The Morgan fingerprint density at radius 2 is 2.13 bits per heavy atom. The molecule has 2 rings (SSSR count).